The molecule has 1 fully saturated rings. The SMILES string of the molecule is COCCCN(Cc1ccc2c(c1)CCC2)[C@H]1CCS(=O)(=O)C1. The molecule has 0 N–H and O–H groups in total. The monoisotopic (exact) mass is 337 g/mol. The number of hydrogen-bond acceptors (Lipinski definition) is 4. The molecule has 3 rings (SSSR count). The van der Waals surface area contributed by atoms with Gasteiger partial charge in [-0.05, 0) is 48.8 Å². The Hall–Kier alpha value is -0.910. The van der Waals surface area contributed by atoms with E-state index in [1.54, 1.807) is 7.11 Å². The van der Waals surface area contributed by atoms with E-state index < -0.39 is 9.84 Å². The smallest absolute Gasteiger partial charge is 0.151 e. The average Bonchev–Trinajstić information content (AvgIpc) is 3.12. The maximum atomic E-state index is 11.8. The maximum Gasteiger partial charge on any atom is 0.151 e. The van der Waals surface area contributed by atoms with Gasteiger partial charge in [-0.2, -0.15) is 0 Å². The van der Waals surface area contributed by atoms with E-state index in [0.717, 1.165) is 32.5 Å². The molecule has 0 amide bonds. The Morgan fingerprint density at radius 1 is 1.26 bits per heavy atom. The Morgan fingerprint density at radius 2 is 2.09 bits per heavy atom. The Morgan fingerprint density at radius 3 is 2.83 bits per heavy atom. The van der Waals surface area contributed by atoms with E-state index in [4.69, 9.17) is 4.74 Å². The van der Waals surface area contributed by atoms with Crippen molar-refractivity contribution in [3.05, 3.63) is 34.9 Å². The summed E-state index contributed by atoms with van der Waals surface area (Å²) in [4.78, 5) is 2.35. The van der Waals surface area contributed by atoms with Gasteiger partial charge in [0.25, 0.3) is 0 Å². The second-order valence-electron chi connectivity index (χ2n) is 6.83. The van der Waals surface area contributed by atoms with Gasteiger partial charge in [0.1, 0.15) is 0 Å². The van der Waals surface area contributed by atoms with Crippen molar-refractivity contribution in [2.75, 3.05) is 31.8 Å². The summed E-state index contributed by atoms with van der Waals surface area (Å²) >= 11 is 0. The number of hydrogen-bond donors (Lipinski definition) is 0. The van der Waals surface area contributed by atoms with Crippen LogP contribution in [0.25, 0.3) is 0 Å². The minimum absolute atomic E-state index is 0.158. The minimum Gasteiger partial charge on any atom is -0.385 e. The Balaban J connectivity index is 1.70. The van der Waals surface area contributed by atoms with Gasteiger partial charge in [-0.1, -0.05) is 18.2 Å². The molecule has 23 heavy (non-hydrogen) atoms. The lowest BCUT2D eigenvalue weighted by Crippen LogP contribution is -2.37. The summed E-state index contributed by atoms with van der Waals surface area (Å²) in [5, 5.41) is 0. The third-order valence-corrected chi connectivity index (χ3v) is 6.82. The van der Waals surface area contributed by atoms with E-state index in [1.807, 2.05) is 0 Å². The third kappa shape index (κ3) is 4.34. The van der Waals surface area contributed by atoms with Crippen molar-refractivity contribution >= 4 is 9.84 Å². The van der Waals surface area contributed by atoms with Gasteiger partial charge in [0.2, 0.25) is 0 Å². The van der Waals surface area contributed by atoms with E-state index in [2.05, 4.69) is 23.1 Å². The first kappa shape index (κ1) is 16.9. The van der Waals surface area contributed by atoms with Gasteiger partial charge in [0.15, 0.2) is 9.84 Å². The molecule has 1 aromatic rings. The molecule has 0 aromatic heterocycles. The van der Waals surface area contributed by atoms with Crippen LogP contribution in [-0.2, 0) is 34.0 Å². The van der Waals surface area contributed by atoms with Crippen molar-refractivity contribution in [2.24, 2.45) is 0 Å². The molecule has 0 bridgehead atoms. The van der Waals surface area contributed by atoms with Crippen molar-refractivity contribution in [1.29, 1.82) is 0 Å². The van der Waals surface area contributed by atoms with Crippen molar-refractivity contribution < 1.29 is 13.2 Å². The first-order valence-electron chi connectivity index (χ1n) is 8.61. The number of rotatable bonds is 7. The number of fused-ring (bicyclic) bond motifs is 1. The number of methoxy groups -OCH3 is 1. The molecule has 0 unspecified atom stereocenters. The summed E-state index contributed by atoms with van der Waals surface area (Å²) in [6.45, 7) is 2.46. The van der Waals surface area contributed by atoms with Crippen molar-refractivity contribution in [1.82, 2.24) is 4.90 Å². The van der Waals surface area contributed by atoms with Gasteiger partial charge in [-0.25, -0.2) is 8.42 Å². The molecule has 0 saturated carbocycles. The standard InChI is InChI=1S/C18H27NO3S/c1-22-10-3-9-19(18-8-11-23(20,21)14-18)13-15-6-7-16-4-2-5-17(16)12-15/h6-7,12,18H,2-5,8-11,13-14H2,1H3/t18-/m0/s1. The lowest BCUT2D eigenvalue weighted by atomic mass is 10.1. The number of ether oxygens (including phenoxy) is 1. The predicted molar refractivity (Wildman–Crippen MR) is 92.4 cm³/mol. The highest BCUT2D eigenvalue weighted by atomic mass is 32.2. The highest BCUT2D eigenvalue weighted by molar-refractivity contribution is 7.91. The molecular formula is C18H27NO3S. The van der Waals surface area contributed by atoms with E-state index >= 15 is 0 Å². The lowest BCUT2D eigenvalue weighted by Gasteiger charge is -2.28. The van der Waals surface area contributed by atoms with Gasteiger partial charge in [0.05, 0.1) is 11.5 Å². The quantitative estimate of drug-likeness (QED) is 0.716. The molecular weight excluding hydrogens is 310 g/mol. The van der Waals surface area contributed by atoms with E-state index in [0.29, 0.717) is 11.5 Å². The Bertz CT molecular complexity index is 642. The van der Waals surface area contributed by atoms with Crippen LogP contribution >= 0.6 is 0 Å². The zero-order valence-electron chi connectivity index (χ0n) is 14.0. The number of aryl methyl sites for hydroxylation is 2. The molecule has 2 aliphatic rings. The topological polar surface area (TPSA) is 46.6 Å². The molecule has 1 aliphatic carbocycles. The van der Waals surface area contributed by atoms with E-state index in [1.165, 1.54) is 36.0 Å². The fourth-order valence-corrected chi connectivity index (χ4v) is 5.59. The van der Waals surface area contributed by atoms with Crippen LogP contribution in [0.1, 0.15) is 36.0 Å². The Kier molecular flexibility index (Phi) is 5.39. The molecule has 1 saturated heterocycles. The van der Waals surface area contributed by atoms with Crippen LogP contribution in [0, 0.1) is 0 Å². The molecule has 1 heterocycles. The molecule has 0 spiro atoms. The van der Waals surface area contributed by atoms with Crippen molar-refractivity contribution in [3.63, 3.8) is 0 Å². The zero-order valence-corrected chi connectivity index (χ0v) is 14.8. The molecule has 5 heteroatoms. The van der Waals surface area contributed by atoms with Crippen LogP contribution < -0.4 is 0 Å². The van der Waals surface area contributed by atoms with Crippen LogP contribution in [0.15, 0.2) is 18.2 Å². The fraction of sp³-hybridized carbons (Fsp3) is 0.667. The van der Waals surface area contributed by atoms with Gasteiger partial charge in [0, 0.05) is 32.8 Å². The maximum absolute atomic E-state index is 11.8. The van der Waals surface area contributed by atoms with E-state index in [-0.39, 0.29) is 6.04 Å². The first-order chi connectivity index (χ1) is 11.1. The van der Waals surface area contributed by atoms with Crippen LogP contribution in [0.2, 0.25) is 0 Å². The van der Waals surface area contributed by atoms with Crippen LogP contribution in [0.3, 0.4) is 0 Å². The van der Waals surface area contributed by atoms with Crippen LogP contribution in [0.5, 0.6) is 0 Å². The second kappa shape index (κ2) is 7.32. The summed E-state index contributed by atoms with van der Waals surface area (Å²) < 4.78 is 28.8. The van der Waals surface area contributed by atoms with Gasteiger partial charge in [-0.3, -0.25) is 4.90 Å². The number of sulfone groups is 1. The van der Waals surface area contributed by atoms with Gasteiger partial charge >= 0.3 is 0 Å². The predicted octanol–water partition coefficient (Wildman–Crippen LogP) is 2.20. The molecule has 1 atom stereocenters. The summed E-state index contributed by atoms with van der Waals surface area (Å²) in [5.74, 6) is 0.646. The molecule has 128 valence electrons. The highest BCUT2D eigenvalue weighted by Gasteiger charge is 2.32. The van der Waals surface area contributed by atoms with E-state index in [9.17, 15) is 8.42 Å². The minimum atomic E-state index is -2.85. The highest BCUT2D eigenvalue weighted by Crippen LogP contribution is 2.25. The van der Waals surface area contributed by atoms with Crippen molar-refractivity contribution in [2.45, 2.75) is 44.7 Å². The first-order valence-corrected chi connectivity index (χ1v) is 10.4. The largest absolute Gasteiger partial charge is 0.385 e. The normalized spacial score (nSPS) is 22.6. The summed E-state index contributed by atoms with van der Waals surface area (Å²) in [6.07, 6.45) is 5.36. The number of nitrogens with zero attached hydrogens (tertiary/aromatic N) is 1. The Labute approximate surface area is 139 Å². The average molecular weight is 337 g/mol. The molecule has 4 nitrogen and oxygen atoms in total. The molecule has 1 aromatic carbocycles. The van der Waals surface area contributed by atoms with Crippen molar-refractivity contribution in [3.8, 4) is 0 Å². The summed E-state index contributed by atoms with van der Waals surface area (Å²) in [6, 6.07) is 6.97. The van der Waals surface area contributed by atoms with Crippen LogP contribution in [0.4, 0.5) is 0 Å². The molecule has 1 aliphatic heterocycles. The van der Waals surface area contributed by atoms with Gasteiger partial charge in [-0.15, -0.1) is 0 Å². The molecule has 0 radical (unpaired) electrons. The summed E-state index contributed by atoms with van der Waals surface area (Å²) in [5.41, 5.74) is 4.29. The van der Waals surface area contributed by atoms with Gasteiger partial charge < -0.3 is 4.74 Å². The second-order valence-corrected chi connectivity index (χ2v) is 9.06. The van der Waals surface area contributed by atoms with Crippen LogP contribution in [-0.4, -0.2) is 51.1 Å². The number of benzene rings is 1. The zero-order chi connectivity index (χ0) is 16.3. The lowest BCUT2D eigenvalue weighted by molar-refractivity contribution is 0.150. The summed E-state index contributed by atoms with van der Waals surface area (Å²) in [7, 11) is -1.13. The third-order valence-electron chi connectivity index (χ3n) is 5.07. The fourth-order valence-electron chi connectivity index (χ4n) is 3.82.